The van der Waals surface area contributed by atoms with Crippen molar-refractivity contribution in [3.05, 3.63) is 0 Å². The summed E-state index contributed by atoms with van der Waals surface area (Å²) in [5.41, 5.74) is -2.05. The summed E-state index contributed by atoms with van der Waals surface area (Å²) >= 11 is 0. The van der Waals surface area contributed by atoms with Gasteiger partial charge in [-0.15, -0.1) is 0 Å². The molecule has 20 heavy (non-hydrogen) atoms. The molecule has 0 radical (unpaired) electrons. The predicted octanol–water partition coefficient (Wildman–Crippen LogP) is 2.04. The number of hydrogen-bond donors (Lipinski definition) is 3. The molecular formula is C14H26O6. The highest BCUT2D eigenvalue weighted by atomic mass is 16.5. The Kier molecular flexibility index (Phi) is 9.16. The smallest absolute Gasteiger partial charge is 0.339 e. The summed E-state index contributed by atoms with van der Waals surface area (Å²) in [5.74, 6) is -2.99. The molecule has 0 saturated heterocycles. The number of hydrogen-bond acceptors (Lipinski definition) is 4. The van der Waals surface area contributed by atoms with Crippen molar-refractivity contribution >= 4 is 11.9 Å². The number of unbranched alkanes of at least 4 members (excludes halogenated alkanes) is 4. The lowest BCUT2D eigenvalue weighted by Crippen LogP contribution is -2.55. The molecule has 0 heterocycles. The zero-order valence-electron chi connectivity index (χ0n) is 12.3. The van der Waals surface area contributed by atoms with E-state index in [1.165, 1.54) is 0 Å². The van der Waals surface area contributed by atoms with E-state index in [1.54, 1.807) is 0 Å². The maximum Gasteiger partial charge on any atom is 0.339 e. The monoisotopic (exact) mass is 290 g/mol. The molecule has 0 aromatic rings. The maximum atomic E-state index is 11.5. The highest BCUT2D eigenvalue weighted by Gasteiger charge is 2.50. The van der Waals surface area contributed by atoms with E-state index in [2.05, 4.69) is 0 Å². The minimum atomic E-state index is -2.06. The van der Waals surface area contributed by atoms with Crippen molar-refractivity contribution < 1.29 is 29.6 Å². The van der Waals surface area contributed by atoms with Gasteiger partial charge in [0.05, 0.1) is 0 Å². The van der Waals surface area contributed by atoms with E-state index in [1.807, 2.05) is 13.8 Å². The summed E-state index contributed by atoms with van der Waals surface area (Å²) in [6, 6.07) is 0. The Hall–Kier alpha value is -1.14. The number of ether oxygens (including phenoxy) is 1. The minimum Gasteiger partial charge on any atom is -0.479 e. The molecule has 0 aromatic carbocycles. The summed E-state index contributed by atoms with van der Waals surface area (Å²) in [4.78, 5) is 22.5. The lowest BCUT2D eigenvalue weighted by Gasteiger charge is -2.32. The molecule has 0 aromatic heterocycles. The lowest BCUT2D eigenvalue weighted by molar-refractivity contribution is -0.195. The van der Waals surface area contributed by atoms with Crippen molar-refractivity contribution in [3.63, 3.8) is 0 Å². The molecule has 0 fully saturated rings. The molecule has 0 amide bonds. The number of aliphatic hydroxyl groups is 1. The first kappa shape index (κ1) is 18.9. The fourth-order valence-electron chi connectivity index (χ4n) is 2.02. The highest BCUT2D eigenvalue weighted by Crippen LogP contribution is 2.26. The number of aliphatic hydroxyl groups excluding tert-OH is 1. The number of carboxylic acid groups (broad SMARTS) is 2. The number of carbonyl (C=O) groups is 2. The van der Waals surface area contributed by atoms with Crippen LogP contribution in [-0.2, 0) is 14.3 Å². The van der Waals surface area contributed by atoms with Gasteiger partial charge in [0, 0.05) is 6.61 Å². The van der Waals surface area contributed by atoms with E-state index in [0.717, 1.165) is 25.7 Å². The molecule has 0 spiro atoms. The van der Waals surface area contributed by atoms with Crippen molar-refractivity contribution in [2.24, 2.45) is 0 Å². The molecule has 2 atom stereocenters. The van der Waals surface area contributed by atoms with Gasteiger partial charge in [-0.25, -0.2) is 9.59 Å². The minimum absolute atomic E-state index is 0.00420. The van der Waals surface area contributed by atoms with Crippen LogP contribution < -0.4 is 0 Å². The van der Waals surface area contributed by atoms with E-state index in [-0.39, 0.29) is 13.0 Å². The Balaban J connectivity index is 4.92. The van der Waals surface area contributed by atoms with Crippen LogP contribution in [0.1, 0.15) is 58.8 Å². The second kappa shape index (κ2) is 9.72. The van der Waals surface area contributed by atoms with Gasteiger partial charge >= 0.3 is 11.9 Å². The quantitative estimate of drug-likeness (QED) is 0.475. The normalized spacial score (nSPS) is 15.6. The molecule has 1 unspecified atom stereocenters. The second-order valence-electron chi connectivity index (χ2n) is 4.95. The lowest BCUT2D eigenvalue weighted by atomic mass is 9.89. The van der Waals surface area contributed by atoms with Gasteiger partial charge < -0.3 is 20.1 Å². The largest absolute Gasteiger partial charge is 0.479 e. The first-order valence-electron chi connectivity index (χ1n) is 7.20. The third-order valence-electron chi connectivity index (χ3n) is 3.30. The van der Waals surface area contributed by atoms with Crippen molar-refractivity contribution in [2.75, 3.05) is 6.61 Å². The molecular weight excluding hydrogens is 264 g/mol. The van der Waals surface area contributed by atoms with E-state index in [4.69, 9.17) is 9.84 Å². The SMILES string of the molecule is CCCCCO[C@](CCCCC)(C(=O)O)C(O)C(=O)O. The Morgan fingerprint density at radius 1 is 1.05 bits per heavy atom. The van der Waals surface area contributed by atoms with Gasteiger partial charge in [0.1, 0.15) is 0 Å². The van der Waals surface area contributed by atoms with Crippen molar-refractivity contribution in [1.29, 1.82) is 0 Å². The summed E-state index contributed by atoms with van der Waals surface area (Å²) in [7, 11) is 0. The van der Waals surface area contributed by atoms with Crippen LogP contribution in [0.4, 0.5) is 0 Å². The first-order chi connectivity index (χ1) is 9.42. The molecule has 0 aliphatic carbocycles. The fourth-order valence-corrected chi connectivity index (χ4v) is 2.02. The maximum absolute atomic E-state index is 11.5. The van der Waals surface area contributed by atoms with Gasteiger partial charge in [-0.3, -0.25) is 0 Å². The molecule has 6 heteroatoms. The first-order valence-corrected chi connectivity index (χ1v) is 7.20. The average Bonchev–Trinajstić information content (AvgIpc) is 2.40. The standard InChI is InChI=1S/C14H26O6/c1-3-5-7-9-14(13(18)19,11(15)12(16)17)20-10-8-6-4-2/h11,15H,3-10H2,1-2H3,(H,16,17)(H,18,19)/t11?,14-/m0/s1. The van der Waals surface area contributed by atoms with Crippen LogP contribution in [0.3, 0.4) is 0 Å². The zero-order valence-corrected chi connectivity index (χ0v) is 12.3. The molecule has 0 saturated carbocycles. The molecule has 0 aliphatic heterocycles. The van der Waals surface area contributed by atoms with Crippen LogP contribution in [0.25, 0.3) is 0 Å². The Morgan fingerprint density at radius 3 is 2.05 bits per heavy atom. The Labute approximate surface area is 119 Å². The number of carboxylic acids is 2. The molecule has 0 aliphatic rings. The van der Waals surface area contributed by atoms with Crippen LogP contribution in [-0.4, -0.2) is 45.6 Å². The summed E-state index contributed by atoms with van der Waals surface area (Å²) < 4.78 is 5.33. The van der Waals surface area contributed by atoms with Gasteiger partial charge in [-0.05, 0) is 19.3 Å². The predicted molar refractivity (Wildman–Crippen MR) is 73.6 cm³/mol. The van der Waals surface area contributed by atoms with Gasteiger partial charge in [-0.2, -0.15) is 0 Å². The van der Waals surface area contributed by atoms with E-state index in [0.29, 0.717) is 12.8 Å². The zero-order chi connectivity index (χ0) is 15.6. The van der Waals surface area contributed by atoms with Gasteiger partial charge in [-0.1, -0.05) is 39.5 Å². The Bertz CT molecular complexity index is 304. The van der Waals surface area contributed by atoms with E-state index >= 15 is 0 Å². The molecule has 0 bridgehead atoms. The van der Waals surface area contributed by atoms with Crippen molar-refractivity contribution in [1.82, 2.24) is 0 Å². The van der Waals surface area contributed by atoms with Crippen molar-refractivity contribution in [3.8, 4) is 0 Å². The van der Waals surface area contributed by atoms with Crippen LogP contribution in [0.2, 0.25) is 0 Å². The fraction of sp³-hybridized carbons (Fsp3) is 0.857. The van der Waals surface area contributed by atoms with E-state index in [9.17, 15) is 19.8 Å². The van der Waals surface area contributed by atoms with Gasteiger partial charge in [0.2, 0.25) is 5.60 Å². The molecule has 6 nitrogen and oxygen atoms in total. The third-order valence-corrected chi connectivity index (χ3v) is 3.30. The van der Waals surface area contributed by atoms with Gasteiger partial charge in [0.25, 0.3) is 0 Å². The van der Waals surface area contributed by atoms with E-state index < -0.39 is 23.6 Å². The van der Waals surface area contributed by atoms with Crippen LogP contribution in [0.5, 0.6) is 0 Å². The third kappa shape index (κ3) is 5.46. The summed E-state index contributed by atoms with van der Waals surface area (Å²) in [6.45, 7) is 4.09. The van der Waals surface area contributed by atoms with Crippen LogP contribution in [0.15, 0.2) is 0 Å². The summed E-state index contributed by atoms with van der Waals surface area (Å²) in [5, 5.41) is 28.0. The van der Waals surface area contributed by atoms with Gasteiger partial charge in [0.15, 0.2) is 6.10 Å². The average molecular weight is 290 g/mol. The Morgan fingerprint density at radius 2 is 1.60 bits per heavy atom. The number of aliphatic carboxylic acids is 2. The second-order valence-corrected chi connectivity index (χ2v) is 4.95. The molecule has 3 N–H and O–H groups in total. The molecule has 0 rings (SSSR count). The highest BCUT2D eigenvalue weighted by molar-refractivity contribution is 5.87. The summed E-state index contributed by atoms with van der Waals surface area (Å²) in [6.07, 6.45) is 2.53. The van der Waals surface area contributed by atoms with Crippen molar-refractivity contribution in [2.45, 2.75) is 70.5 Å². The van der Waals surface area contributed by atoms with Crippen LogP contribution >= 0.6 is 0 Å². The topological polar surface area (TPSA) is 104 Å². The number of rotatable bonds is 12. The molecule has 118 valence electrons. The van der Waals surface area contributed by atoms with Crippen LogP contribution in [0, 0.1) is 0 Å².